The van der Waals surface area contributed by atoms with Crippen LogP contribution >= 0.6 is 11.6 Å². The Labute approximate surface area is 139 Å². The van der Waals surface area contributed by atoms with Crippen molar-refractivity contribution < 1.29 is 17.5 Å². The van der Waals surface area contributed by atoms with E-state index < -0.39 is 15.8 Å². The van der Waals surface area contributed by atoms with Gasteiger partial charge in [-0.1, -0.05) is 29.8 Å². The third-order valence-electron chi connectivity index (χ3n) is 3.66. The second-order valence-corrected chi connectivity index (χ2v) is 7.66. The predicted molar refractivity (Wildman–Crippen MR) is 86.4 cm³/mol. The molecule has 0 saturated heterocycles. The molecule has 0 saturated carbocycles. The Morgan fingerprint density at radius 1 is 1.22 bits per heavy atom. The second-order valence-electron chi connectivity index (χ2n) is 5.28. The molecule has 0 fully saturated rings. The second kappa shape index (κ2) is 6.47. The van der Waals surface area contributed by atoms with Gasteiger partial charge in [-0.25, -0.2) is 12.8 Å². The average molecular weight is 356 g/mol. The summed E-state index contributed by atoms with van der Waals surface area (Å²) in [6, 6.07) is 11.0. The summed E-state index contributed by atoms with van der Waals surface area (Å²) in [6.45, 7) is 0.517. The van der Waals surface area contributed by atoms with Gasteiger partial charge in [-0.3, -0.25) is 0 Å². The van der Waals surface area contributed by atoms with Gasteiger partial charge in [0.05, 0.1) is 5.75 Å². The summed E-state index contributed by atoms with van der Waals surface area (Å²) in [4.78, 5) is 0. The standard InChI is InChI=1S/C16H15ClFNO3S/c17-15-4-2-1-3-12(15)11-23(20,21)19-7-8-22-16-6-5-14(18)9-13(16)10-19/h1-6,9H,7-8,10-11H2. The molecule has 4 nitrogen and oxygen atoms in total. The lowest BCUT2D eigenvalue weighted by Crippen LogP contribution is -2.33. The average Bonchev–Trinajstić information content (AvgIpc) is 2.72. The van der Waals surface area contributed by atoms with Crippen LogP contribution in [0.25, 0.3) is 0 Å². The molecular weight excluding hydrogens is 341 g/mol. The number of benzene rings is 2. The lowest BCUT2D eigenvalue weighted by Gasteiger charge is -2.20. The highest BCUT2D eigenvalue weighted by Crippen LogP contribution is 2.27. The van der Waals surface area contributed by atoms with Crippen LogP contribution in [0.15, 0.2) is 42.5 Å². The molecule has 1 heterocycles. The van der Waals surface area contributed by atoms with Gasteiger partial charge in [0.25, 0.3) is 0 Å². The lowest BCUT2D eigenvalue weighted by atomic mass is 10.2. The molecule has 7 heteroatoms. The number of sulfonamides is 1. The smallest absolute Gasteiger partial charge is 0.218 e. The Hall–Kier alpha value is -1.63. The van der Waals surface area contributed by atoms with Gasteiger partial charge < -0.3 is 4.74 Å². The number of nitrogens with zero attached hydrogens (tertiary/aromatic N) is 1. The van der Waals surface area contributed by atoms with E-state index >= 15 is 0 Å². The van der Waals surface area contributed by atoms with Crippen molar-refractivity contribution in [2.75, 3.05) is 13.2 Å². The zero-order valence-corrected chi connectivity index (χ0v) is 13.8. The number of rotatable bonds is 3. The zero-order chi connectivity index (χ0) is 16.4. The first kappa shape index (κ1) is 16.2. The maximum Gasteiger partial charge on any atom is 0.218 e. The molecule has 2 aromatic rings. The molecule has 0 radical (unpaired) electrons. The van der Waals surface area contributed by atoms with Crippen LogP contribution in [0.1, 0.15) is 11.1 Å². The number of ether oxygens (including phenoxy) is 1. The molecular formula is C16H15ClFNO3S. The number of hydrogen-bond acceptors (Lipinski definition) is 3. The normalized spacial score (nSPS) is 15.6. The van der Waals surface area contributed by atoms with Crippen molar-refractivity contribution in [3.05, 3.63) is 64.4 Å². The Balaban J connectivity index is 1.87. The number of fused-ring (bicyclic) bond motifs is 1. The van der Waals surface area contributed by atoms with Crippen LogP contribution in [0.4, 0.5) is 4.39 Å². The van der Waals surface area contributed by atoms with E-state index in [1.165, 1.54) is 22.5 Å². The van der Waals surface area contributed by atoms with E-state index in [9.17, 15) is 12.8 Å². The predicted octanol–water partition coefficient (Wildman–Crippen LogP) is 3.20. The summed E-state index contributed by atoms with van der Waals surface area (Å²) < 4.78 is 45.6. The van der Waals surface area contributed by atoms with E-state index in [0.717, 1.165) is 0 Å². The van der Waals surface area contributed by atoms with Crippen molar-refractivity contribution >= 4 is 21.6 Å². The largest absolute Gasteiger partial charge is 0.492 e. The third kappa shape index (κ3) is 3.65. The zero-order valence-electron chi connectivity index (χ0n) is 12.2. The van der Waals surface area contributed by atoms with Crippen LogP contribution in [-0.2, 0) is 22.3 Å². The Morgan fingerprint density at radius 2 is 2.00 bits per heavy atom. The number of halogens is 2. The van der Waals surface area contributed by atoms with Crippen molar-refractivity contribution in [2.45, 2.75) is 12.3 Å². The fourth-order valence-electron chi connectivity index (χ4n) is 2.48. The van der Waals surface area contributed by atoms with Crippen LogP contribution in [0.3, 0.4) is 0 Å². The van der Waals surface area contributed by atoms with Crippen molar-refractivity contribution in [3.8, 4) is 5.75 Å². The van der Waals surface area contributed by atoms with Crippen LogP contribution in [-0.4, -0.2) is 25.9 Å². The van der Waals surface area contributed by atoms with Crippen molar-refractivity contribution in [1.29, 1.82) is 0 Å². The molecule has 0 unspecified atom stereocenters. The van der Waals surface area contributed by atoms with Gasteiger partial charge in [-0.2, -0.15) is 4.31 Å². The minimum absolute atomic E-state index is 0.0832. The van der Waals surface area contributed by atoms with Crippen molar-refractivity contribution in [2.24, 2.45) is 0 Å². The molecule has 2 aromatic carbocycles. The van der Waals surface area contributed by atoms with Crippen LogP contribution < -0.4 is 4.74 Å². The monoisotopic (exact) mass is 355 g/mol. The fourth-order valence-corrected chi connectivity index (χ4v) is 4.28. The van der Waals surface area contributed by atoms with Gasteiger partial charge in [0.2, 0.25) is 10.0 Å². The molecule has 3 rings (SSSR count). The van der Waals surface area contributed by atoms with Crippen LogP contribution in [0.5, 0.6) is 5.75 Å². The molecule has 0 N–H and O–H groups in total. The van der Waals surface area contributed by atoms with E-state index in [0.29, 0.717) is 21.9 Å². The highest BCUT2D eigenvalue weighted by Gasteiger charge is 2.27. The van der Waals surface area contributed by atoms with Gasteiger partial charge in [0.15, 0.2) is 0 Å². The molecule has 1 aliphatic rings. The Morgan fingerprint density at radius 3 is 2.78 bits per heavy atom. The van der Waals surface area contributed by atoms with Crippen LogP contribution in [0, 0.1) is 5.82 Å². The lowest BCUT2D eigenvalue weighted by molar-refractivity contribution is 0.292. The molecule has 0 amide bonds. The van der Waals surface area contributed by atoms with E-state index in [1.54, 1.807) is 24.3 Å². The van der Waals surface area contributed by atoms with E-state index in [2.05, 4.69) is 0 Å². The quantitative estimate of drug-likeness (QED) is 0.849. The minimum Gasteiger partial charge on any atom is -0.492 e. The van der Waals surface area contributed by atoms with Gasteiger partial charge in [0, 0.05) is 23.7 Å². The minimum atomic E-state index is -3.59. The summed E-state index contributed by atoms with van der Waals surface area (Å²) in [5.41, 5.74) is 1.06. The van der Waals surface area contributed by atoms with Gasteiger partial charge in [0.1, 0.15) is 18.2 Å². The first-order valence-corrected chi connectivity index (χ1v) is 9.07. The summed E-state index contributed by atoms with van der Waals surface area (Å²) in [5.74, 6) is -0.100. The highest BCUT2D eigenvalue weighted by molar-refractivity contribution is 7.88. The number of hydrogen-bond donors (Lipinski definition) is 0. The summed E-state index contributed by atoms with van der Waals surface area (Å²) in [6.07, 6.45) is 0. The summed E-state index contributed by atoms with van der Waals surface area (Å²) >= 11 is 6.05. The van der Waals surface area contributed by atoms with Crippen molar-refractivity contribution in [1.82, 2.24) is 4.31 Å². The summed E-state index contributed by atoms with van der Waals surface area (Å²) in [7, 11) is -3.59. The Kier molecular flexibility index (Phi) is 4.57. The fraction of sp³-hybridized carbons (Fsp3) is 0.250. The van der Waals surface area contributed by atoms with E-state index in [-0.39, 0.29) is 25.4 Å². The molecule has 0 spiro atoms. The molecule has 0 bridgehead atoms. The van der Waals surface area contributed by atoms with E-state index in [1.807, 2.05) is 0 Å². The maximum absolute atomic E-state index is 13.4. The van der Waals surface area contributed by atoms with Gasteiger partial charge in [-0.15, -0.1) is 0 Å². The van der Waals surface area contributed by atoms with Crippen LogP contribution in [0.2, 0.25) is 5.02 Å². The highest BCUT2D eigenvalue weighted by atomic mass is 35.5. The maximum atomic E-state index is 13.4. The molecule has 23 heavy (non-hydrogen) atoms. The van der Waals surface area contributed by atoms with Gasteiger partial charge >= 0.3 is 0 Å². The van der Waals surface area contributed by atoms with Gasteiger partial charge in [-0.05, 0) is 29.8 Å². The first-order chi connectivity index (χ1) is 11.0. The first-order valence-electron chi connectivity index (χ1n) is 7.08. The SMILES string of the molecule is O=S(=O)(Cc1ccccc1Cl)N1CCOc2ccc(F)cc2C1. The molecule has 0 atom stereocenters. The van der Waals surface area contributed by atoms with Crippen molar-refractivity contribution in [3.63, 3.8) is 0 Å². The Bertz CT molecular complexity index is 826. The molecule has 1 aliphatic heterocycles. The summed E-state index contributed by atoms with van der Waals surface area (Å²) in [5, 5.41) is 0.411. The molecule has 122 valence electrons. The molecule has 0 aliphatic carbocycles. The molecule has 0 aromatic heterocycles. The third-order valence-corrected chi connectivity index (χ3v) is 5.80. The topological polar surface area (TPSA) is 46.6 Å². The van der Waals surface area contributed by atoms with E-state index in [4.69, 9.17) is 16.3 Å².